The van der Waals surface area contributed by atoms with Crippen LogP contribution < -0.4 is 19.8 Å². The topological polar surface area (TPSA) is 178 Å². The number of aromatic nitrogens is 1. The summed E-state index contributed by atoms with van der Waals surface area (Å²) in [6.45, 7) is 1.55. The van der Waals surface area contributed by atoms with Crippen molar-refractivity contribution in [3.8, 4) is 5.75 Å². The van der Waals surface area contributed by atoms with Crippen LogP contribution in [0.4, 0.5) is 17.1 Å². The van der Waals surface area contributed by atoms with Crippen LogP contribution in [0.25, 0.3) is 0 Å². The standard InChI is InChI=1S/C31H24N4O9S2/c1-2-43-30(39)16-7-9-17(10-8-16)32-22(36)15-44-21-6-4-3-5-20(21)23-24-26(45-27-25(23)46-31(40)33-27)29(38)34(28(24)37)18-11-13-19(14-12-18)35(41)42/h3-14,23-24,26H,2,15H2,1H3,(H,32,36)(H,33,40)/t23-,24?,26?/m1/s1. The van der Waals surface area contributed by atoms with Crippen LogP contribution in [0, 0.1) is 16.0 Å². The third-order valence-corrected chi connectivity index (χ3v) is 9.84. The Balaban J connectivity index is 1.26. The van der Waals surface area contributed by atoms with Gasteiger partial charge in [-0.25, -0.2) is 9.69 Å². The van der Waals surface area contributed by atoms with Gasteiger partial charge in [0.2, 0.25) is 11.8 Å². The number of esters is 1. The summed E-state index contributed by atoms with van der Waals surface area (Å²) < 4.78 is 10.9. The summed E-state index contributed by atoms with van der Waals surface area (Å²) >= 11 is 2.03. The van der Waals surface area contributed by atoms with Gasteiger partial charge in [-0.2, -0.15) is 0 Å². The lowest BCUT2D eigenvalue weighted by molar-refractivity contribution is -0.384. The van der Waals surface area contributed by atoms with Crippen LogP contribution in [-0.4, -0.2) is 52.1 Å². The number of rotatable bonds is 9. The van der Waals surface area contributed by atoms with Crippen molar-refractivity contribution in [2.45, 2.75) is 23.1 Å². The molecule has 6 rings (SSSR count). The van der Waals surface area contributed by atoms with E-state index in [4.69, 9.17) is 9.47 Å². The predicted molar refractivity (Wildman–Crippen MR) is 168 cm³/mol. The van der Waals surface area contributed by atoms with Gasteiger partial charge in [0.25, 0.3) is 11.6 Å². The number of aromatic amines is 1. The van der Waals surface area contributed by atoms with Gasteiger partial charge in [0, 0.05) is 34.2 Å². The summed E-state index contributed by atoms with van der Waals surface area (Å²) in [6, 6.07) is 18.1. The summed E-state index contributed by atoms with van der Waals surface area (Å²) in [5, 5.41) is 13.4. The molecule has 2 N–H and O–H groups in total. The number of para-hydroxylation sites is 1. The molecule has 3 amide bonds. The molecule has 0 bridgehead atoms. The molecule has 46 heavy (non-hydrogen) atoms. The molecule has 234 valence electrons. The SMILES string of the molecule is CCOC(=O)c1ccc(NC(=O)COc2ccccc2[C@H]2c3sc(=O)[nH]c3SC3C(=O)N(c4ccc([N+](=O)[O-])cc4)C(=O)C32)cc1. The Morgan fingerprint density at radius 2 is 1.72 bits per heavy atom. The van der Waals surface area contributed by atoms with E-state index in [1.807, 2.05) is 0 Å². The molecule has 13 nitrogen and oxygen atoms in total. The van der Waals surface area contributed by atoms with E-state index in [1.165, 1.54) is 36.4 Å². The highest BCUT2D eigenvalue weighted by atomic mass is 32.2. The number of nitro groups is 1. The van der Waals surface area contributed by atoms with Crippen LogP contribution in [0.3, 0.4) is 0 Å². The third kappa shape index (κ3) is 5.77. The van der Waals surface area contributed by atoms with Crippen molar-refractivity contribution in [1.29, 1.82) is 0 Å². The largest absolute Gasteiger partial charge is 0.483 e. The van der Waals surface area contributed by atoms with Gasteiger partial charge in [0.1, 0.15) is 11.0 Å². The zero-order valence-corrected chi connectivity index (χ0v) is 25.6. The number of thioether (sulfide) groups is 1. The normalized spacial score (nSPS) is 18.5. The van der Waals surface area contributed by atoms with E-state index in [-0.39, 0.29) is 28.6 Å². The van der Waals surface area contributed by atoms with Gasteiger partial charge in [-0.15, -0.1) is 0 Å². The number of hydrogen-bond acceptors (Lipinski definition) is 11. The van der Waals surface area contributed by atoms with Crippen molar-refractivity contribution >= 4 is 63.9 Å². The molecule has 1 fully saturated rings. The lowest BCUT2D eigenvalue weighted by atomic mass is 9.82. The van der Waals surface area contributed by atoms with Crippen LogP contribution in [0.1, 0.15) is 33.6 Å². The molecule has 1 saturated heterocycles. The van der Waals surface area contributed by atoms with Crippen molar-refractivity contribution in [1.82, 2.24) is 4.98 Å². The second-order valence-corrected chi connectivity index (χ2v) is 12.4. The summed E-state index contributed by atoms with van der Waals surface area (Å²) in [4.78, 5) is 79.4. The minimum absolute atomic E-state index is 0.184. The van der Waals surface area contributed by atoms with Crippen molar-refractivity contribution < 1.29 is 33.6 Å². The van der Waals surface area contributed by atoms with Crippen LogP contribution >= 0.6 is 23.1 Å². The van der Waals surface area contributed by atoms with Gasteiger partial charge < -0.3 is 19.8 Å². The Hall–Kier alpha value is -5.28. The number of imide groups is 1. The molecule has 2 unspecified atom stereocenters. The average molecular weight is 661 g/mol. The first-order valence-corrected chi connectivity index (χ1v) is 15.7. The Labute approximate surface area is 268 Å². The number of amides is 3. The summed E-state index contributed by atoms with van der Waals surface area (Å²) in [6.07, 6.45) is 0. The molecule has 1 aromatic heterocycles. The number of carbonyl (C=O) groups excluding carboxylic acids is 4. The van der Waals surface area contributed by atoms with Crippen LogP contribution in [-0.2, 0) is 19.1 Å². The molecule has 15 heteroatoms. The molecule has 0 radical (unpaired) electrons. The first kappa shape index (κ1) is 30.7. The molecule has 3 heterocycles. The number of nitrogens with one attached hydrogen (secondary N) is 2. The lowest BCUT2D eigenvalue weighted by Crippen LogP contribution is -2.32. The molecule has 0 spiro atoms. The number of thiazole rings is 1. The zero-order chi connectivity index (χ0) is 32.5. The van der Waals surface area contributed by atoms with Crippen molar-refractivity contribution in [3.05, 3.63) is 109 Å². The number of non-ortho nitro benzene ring substituents is 1. The van der Waals surface area contributed by atoms with E-state index in [2.05, 4.69) is 10.3 Å². The number of H-pyrrole nitrogens is 1. The fourth-order valence-corrected chi connectivity index (χ4v) is 7.95. The van der Waals surface area contributed by atoms with Crippen molar-refractivity contribution in [2.75, 3.05) is 23.4 Å². The van der Waals surface area contributed by atoms with Gasteiger partial charge in [0.05, 0.1) is 33.7 Å². The maximum absolute atomic E-state index is 14.0. The fraction of sp³-hybridized carbons (Fsp3) is 0.194. The molecule has 2 aliphatic heterocycles. The zero-order valence-electron chi connectivity index (χ0n) is 24.0. The van der Waals surface area contributed by atoms with E-state index in [9.17, 15) is 34.1 Å². The number of benzene rings is 3. The van der Waals surface area contributed by atoms with E-state index < -0.39 is 52.3 Å². The minimum Gasteiger partial charge on any atom is -0.483 e. The second kappa shape index (κ2) is 12.6. The van der Waals surface area contributed by atoms with E-state index >= 15 is 0 Å². The van der Waals surface area contributed by atoms with Crippen molar-refractivity contribution in [2.24, 2.45) is 5.92 Å². The van der Waals surface area contributed by atoms with E-state index in [1.54, 1.807) is 43.3 Å². The lowest BCUT2D eigenvalue weighted by Gasteiger charge is -2.30. The summed E-state index contributed by atoms with van der Waals surface area (Å²) in [7, 11) is 0. The van der Waals surface area contributed by atoms with Gasteiger partial charge in [-0.3, -0.25) is 29.3 Å². The quantitative estimate of drug-likeness (QED) is 0.114. The number of nitro benzene ring substituents is 1. The Kier molecular flexibility index (Phi) is 8.42. The first-order valence-electron chi connectivity index (χ1n) is 14.0. The van der Waals surface area contributed by atoms with Gasteiger partial charge in [-0.1, -0.05) is 41.3 Å². The number of carbonyl (C=O) groups is 4. The van der Waals surface area contributed by atoms with Crippen LogP contribution in [0.15, 0.2) is 82.6 Å². The third-order valence-electron chi connectivity index (χ3n) is 7.44. The predicted octanol–water partition coefficient (Wildman–Crippen LogP) is 4.33. The molecule has 0 aliphatic carbocycles. The van der Waals surface area contributed by atoms with Gasteiger partial charge in [-0.05, 0) is 49.4 Å². The fourth-order valence-electron chi connectivity index (χ4n) is 5.44. The number of hydrogen-bond donors (Lipinski definition) is 2. The minimum atomic E-state index is -0.928. The maximum Gasteiger partial charge on any atom is 0.338 e. The molecular weight excluding hydrogens is 636 g/mol. The summed E-state index contributed by atoms with van der Waals surface area (Å²) in [5.41, 5.74) is 1.30. The molecule has 4 aromatic rings. The van der Waals surface area contributed by atoms with Crippen molar-refractivity contribution in [3.63, 3.8) is 0 Å². The molecule has 3 aromatic carbocycles. The Morgan fingerprint density at radius 3 is 2.41 bits per heavy atom. The molecule has 0 saturated carbocycles. The molecular formula is C31H24N4O9S2. The number of ether oxygens (including phenoxy) is 2. The summed E-state index contributed by atoms with van der Waals surface area (Å²) in [5.74, 6) is -3.40. The number of anilines is 2. The molecule has 2 aliphatic rings. The Morgan fingerprint density at radius 1 is 1.00 bits per heavy atom. The highest BCUT2D eigenvalue weighted by Gasteiger charge is 2.56. The van der Waals surface area contributed by atoms with Crippen LogP contribution in [0.5, 0.6) is 5.75 Å². The second-order valence-electron chi connectivity index (χ2n) is 10.2. The van der Waals surface area contributed by atoms with Gasteiger partial charge in [0.15, 0.2) is 6.61 Å². The monoisotopic (exact) mass is 660 g/mol. The highest BCUT2D eigenvalue weighted by Crippen LogP contribution is 2.54. The number of fused-ring (bicyclic) bond motifs is 2. The number of nitrogens with zero attached hydrogens (tertiary/aromatic N) is 2. The highest BCUT2D eigenvalue weighted by molar-refractivity contribution is 8.00. The maximum atomic E-state index is 14.0. The van der Waals surface area contributed by atoms with E-state index in [0.717, 1.165) is 28.0 Å². The average Bonchev–Trinajstić information content (AvgIpc) is 3.54. The van der Waals surface area contributed by atoms with Gasteiger partial charge >= 0.3 is 10.8 Å². The van der Waals surface area contributed by atoms with Crippen LogP contribution in [0.2, 0.25) is 0 Å². The Bertz CT molecular complexity index is 1920. The van der Waals surface area contributed by atoms with E-state index in [0.29, 0.717) is 26.7 Å². The molecule has 3 atom stereocenters. The smallest absolute Gasteiger partial charge is 0.338 e. The first-order chi connectivity index (χ1) is 22.2.